The first-order valence-corrected chi connectivity index (χ1v) is 20.5. The van der Waals surface area contributed by atoms with E-state index in [1.165, 1.54) is 0 Å². The fourth-order valence-electron chi connectivity index (χ4n) is 10.2. The molecule has 4 aliphatic heterocycles. The maximum atomic E-state index is 14.9. The zero-order chi connectivity index (χ0) is 39.9. The average molecular weight is 797 g/mol. The van der Waals surface area contributed by atoms with Gasteiger partial charge in [0.05, 0.1) is 41.6 Å². The van der Waals surface area contributed by atoms with Gasteiger partial charge in [0.15, 0.2) is 0 Å². The van der Waals surface area contributed by atoms with Gasteiger partial charge >= 0.3 is 12.2 Å². The fraction of sp³-hybridized carbons (Fsp3) is 0.489. The van der Waals surface area contributed by atoms with Crippen LogP contribution in [0.25, 0.3) is 0 Å². The number of halogens is 4. The number of anilines is 2. The molecule has 5 heterocycles. The van der Waals surface area contributed by atoms with E-state index in [-0.39, 0.29) is 55.2 Å². The number of nitrogens with zero attached hydrogens (tertiary/aromatic N) is 6. The number of fused-ring (bicyclic) bond motifs is 4. The van der Waals surface area contributed by atoms with Gasteiger partial charge in [-0.1, -0.05) is 66.7 Å². The third-order valence-electron chi connectivity index (χ3n) is 12.9. The summed E-state index contributed by atoms with van der Waals surface area (Å²) in [7, 11) is 0. The first-order valence-electron chi connectivity index (χ1n) is 20.5. The van der Waals surface area contributed by atoms with Gasteiger partial charge in [-0.25, -0.2) is 4.39 Å². The van der Waals surface area contributed by atoms with Crippen LogP contribution in [0.5, 0.6) is 6.01 Å². The average Bonchev–Trinajstić information content (AvgIpc) is 3.61. The molecular formula is C45H48F4N6O3. The highest BCUT2D eigenvalue weighted by atomic mass is 19.4. The molecule has 3 saturated heterocycles. The molecule has 304 valence electrons. The van der Waals surface area contributed by atoms with Crippen molar-refractivity contribution in [2.75, 3.05) is 55.8 Å². The van der Waals surface area contributed by atoms with Crippen LogP contribution >= 0.6 is 0 Å². The summed E-state index contributed by atoms with van der Waals surface area (Å²) in [6, 6.07) is 25.5. The molecule has 4 aromatic rings. The predicted octanol–water partition coefficient (Wildman–Crippen LogP) is 8.14. The number of benzene rings is 3. The zero-order valence-corrected chi connectivity index (χ0v) is 32.5. The van der Waals surface area contributed by atoms with Gasteiger partial charge in [-0.05, 0) is 61.4 Å². The Hall–Kier alpha value is -4.77. The van der Waals surface area contributed by atoms with E-state index >= 15 is 0 Å². The lowest BCUT2D eigenvalue weighted by atomic mass is 9.68. The molecule has 58 heavy (non-hydrogen) atoms. The van der Waals surface area contributed by atoms with Gasteiger partial charge in [-0.3, -0.25) is 4.90 Å². The molecule has 9 rings (SSSR count). The maximum absolute atomic E-state index is 14.9. The minimum Gasteiger partial charge on any atom is -0.461 e. The second-order valence-corrected chi connectivity index (χ2v) is 16.5. The summed E-state index contributed by atoms with van der Waals surface area (Å²) < 4.78 is 78.7. The van der Waals surface area contributed by atoms with Crippen molar-refractivity contribution < 1.29 is 31.8 Å². The van der Waals surface area contributed by atoms with E-state index in [9.17, 15) is 22.8 Å². The number of ether oxygens (including phenoxy) is 3. The normalized spacial score (nSPS) is 25.7. The summed E-state index contributed by atoms with van der Waals surface area (Å²) >= 11 is 0. The summed E-state index contributed by atoms with van der Waals surface area (Å²) in [6.45, 7) is 4.78. The van der Waals surface area contributed by atoms with Gasteiger partial charge in [-0.15, -0.1) is 0 Å². The zero-order valence-electron chi connectivity index (χ0n) is 32.5. The van der Waals surface area contributed by atoms with Crippen molar-refractivity contribution in [3.63, 3.8) is 0 Å². The molecule has 4 atom stereocenters. The van der Waals surface area contributed by atoms with Gasteiger partial charge in [0.2, 0.25) is 0 Å². The molecular weight excluding hydrogens is 749 g/mol. The Kier molecular flexibility index (Phi) is 10.5. The Balaban J connectivity index is 1.15. The summed E-state index contributed by atoms with van der Waals surface area (Å²) in [5.41, 5.74) is 2.78. The van der Waals surface area contributed by atoms with E-state index in [2.05, 4.69) is 20.8 Å². The summed E-state index contributed by atoms with van der Waals surface area (Å²) in [4.78, 5) is 16.3. The Labute approximate surface area is 336 Å². The fourth-order valence-corrected chi connectivity index (χ4v) is 10.2. The molecule has 13 heteroatoms. The van der Waals surface area contributed by atoms with Crippen LogP contribution in [0.15, 0.2) is 72.8 Å². The number of alkyl halides is 4. The third kappa shape index (κ3) is 7.39. The summed E-state index contributed by atoms with van der Waals surface area (Å²) in [6.07, 6.45) is -2.48. The van der Waals surface area contributed by atoms with Crippen LogP contribution in [0.1, 0.15) is 83.5 Å². The molecule has 9 nitrogen and oxygen atoms in total. The third-order valence-corrected chi connectivity index (χ3v) is 12.9. The van der Waals surface area contributed by atoms with E-state index in [0.717, 1.165) is 42.5 Å². The lowest BCUT2D eigenvalue weighted by Gasteiger charge is -2.46. The Bertz CT molecular complexity index is 2100. The standard InChI is InChI=1S/C45H48F4N6O3/c46-33-23-43(16-7-19-55(43)28-33)30-57-42-51-38-24-44(58-29-36(38)41(52-42)53-18-8-21-56-22-20-53)17-15-37(45(47,48)49)34-13-14-39(35(25-50)40(34)44)54(26-31-9-3-1-4-10-31)27-32-11-5-2-6-12-32/h1-6,9-14,33,37H,7-8,15-24,26-30H2/t33-,37+,43+,44+/m1/s1. The second-order valence-electron chi connectivity index (χ2n) is 16.5. The Morgan fingerprint density at radius 3 is 2.40 bits per heavy atom. The molecule has 3 aromatic carbocycles. The van der Waals surface area contributed by atoms with Gasteiger partial charge in [0.25, 0.3) is 0 Å². The molecule has 0 saturated carbocycles. The number of aromatic nitrogens is 2. The molecule has 0 bridgehead atoms. The number of hydrogen-bond donors (Lipinski definition) is 0. The number of rotatable bonds is 9. The molecule has 0 N–H and O–H groups in total. The van der Waals surface area contributed by atoms with Crippen LogP contribution in [0, 0.1) is 11.3 Å². The van der Waals surface area contributed by atoms with E-state index in [1.54, 1.807) is 12.1 Å². The van der Waals surface area contributed by atoms with Crippen LogP contribution in [0.4, 0.5) is 29.1 Å². The summed E-state index contributed by atoms with van der Waals surface area (Å²) in [5.74, 6) is -1.10. The molecule has 1 aliphatic carbocycles. The van der Waals surface area contributed by atoms with Gasteiger partial charge in [0, 0.05) is 63.3 Å². The van der Waals surface area contributed by atoms with Gasteiger partial charge in [0.1, 0.15) is 30.3 Å². The number of nitriles is 1. The quantitative estimate of drug-likeness (QED) is 0.156. The van der Waals surface area contributed by atoms with Gasteiger partial charge < -0.3 is 24.0 Å². The van der Waals surface area contributed by atoms with Crippen molar-refractivity contribution in [3.05, 3.63) is 112 Å². The van der Waals surface area contributed by atoms with Crippen LogP contribution in [0.3, 0.4) is 0 Å². The molecule has 1 aromatic heterocycles. The predicted molar refractivity (Wildman–Crippen MR) is 210 cm³/mol. The molecule has 5 aliphatic rings. The van der Waals surface area contributed by atoms with Crippen molar-refractivity contribution in [2.24, 2.45) is 0 Å². The van der Waals surface area contributed by atoms with Crippen molar-refractivity contribution in [2.45, 2.75) is 94.0 Å². The van der Waals surface area contributed by atoms with E-state index in [0.29, 0.717) is 69.6 Å². The number of hydrogen-bond acceptors (Lipinski definition) is 9. The Morgan fingerprint density at radius 1 is 0.914 bits per heavy atom. The van der Waals surface area contributed by atoms with Crippen molar-refractivity contribution in [1.29, 1.82) is 5.26 Å². The van der Waals surface area contributed by atoms with E-state index in [4.69, 9.17) is 24.2 Å². The lowest BCUT2D eigenvalue weighted by Crippen LogP contribution is -2.45. The molecule has 0 amide bonds. The smallest absolute Gasteiger partial charge is 0.395 e. The highest BCUT2D eigenvalue weighted by molar-refractivity contribution is 5.68. The minimum atomic E-state index is -4.53. The van der Waals surface area contributed by atoms with Crippen LogP contribution < -0.4 is 14.5 Å². The first-order chi connectivity index (χ1) is 28.1. The van der Waals surface area contributed by atoms with Crippen molar-refractivity contribution in [3.8, 4) is 12.1 Å². The second kappa shape index (κ2) is 15.8. The van der Waals surface area contributed by atoms with Crippen LogP contribution in [-0.4, -0.2) is 78.8 Å². The largest absolute Gasteiger partial charge is 0.461 e. The van der Waals surface area contributed by atoms with Crippen molar-refractivity contribution in [1.82, 2.24) is 14.9 Å². The minimum absolute atomic E-state index is 0.0438. The topological polar surface area (TPSA) is 87.0 Å². The van der Waals surface area contributed by atoms with Crippen LogP contribution in [-0.2, 0) is 41.2 Å². The molecule has 1 spiro atoms. The molecule has 0 unspecified atom stereocenters. The highest BCUT2D eigenvalue weighted by Crippen LogP contribution is 2.55. The molecule has 3 fully saturated rings. The maximum Gasteiger partial charge on any atom is 0.395 e. The monoisotopic (exact) mass is 796 g/mol. The van der Waals surface area contributed by atoms with E-state index in [1.807, 2.05) is 60.7 Å². The van der Waals surface area contributed by atoms with Crippen LogP contribution in [0.2, 0.25) is 0 Å². The van der Waals surface area contributed by atoms with Gasteiger partial charge in [-0.2, -0.15) is 28.4 Å². The lowest BCUT2D eigenvalue weighted by molar-refractivity contribution is -0.165. The highest BCUT2D eigenvalue weighted by Gasteiger charge is 2.54. The van der Waals surface area contributed by atoms with Crippen molar-refractivity contribution >= 4 is 11.5 Å². The Morgan fingerprint density at radius 2 is 1.67 bits per heavy atom. The van der Waals surface area contributed by atoms with E-state index < -0.39 is 29.4 Å². The first kappa shape index (κ1) is 38.7. The summed E-state index contributed by atoms with van der Waals surface area (Å²) in [5, 5.41) is 11.1. The SMILES string of the molecule is N#Cc1c(N(Cc2ccccc2)Cc2ccccc2)ccc2c1[C@]1(CC[C@@H]2C(F)(F)F)Cc2nc(OC[C@@]34CCCN3C[C@H](F)C4)nc(N3CCCOCC3)c2CO1. The molecule has 0 radical (unpaired) electrons.